The molecule has 2 amide bonds. The monoisotopic (exact) mass is 374 g/mol. The summed E-state index contributed by atoms with van der Waals surface area (Å²) in [7, 11) is 0. The fraction of sp³-hybridized carbons (Fsp3) is 0.875. The van der Waals surface area contributed by atoms with Crippen molar-refractivity contribution in [2.45, 2.75) is 58.1 Å². The van der Waals surface area contributed by atoms with Crippen LogP contribution >= 0.6 is 15.9 Å². The van der Waals surface area contributed by atoms with Crippen LogP contribution in [0.3, 0.4) is 0 Å². The standard InChI is InChI=1S/C16H27BrN2O3/c1-16(2,3)22-15(21)18-7-4-5-13(6-8-18)19-11-12(10-17)9-14(19)20/h12-13H,4-11H2,1-3H3. The fourth-order valence-electron chi connectivity index (χ4n) is 3.16. The molecule has 2 unspecified atom stereocenters. The molecule has 2 aliphatic rings. The normalized spacial score (nSPS) is 27.0. The summed E-state index contributed by atoms with van der Waals surface area (Å²) in [4.78, 5) is 28.1. The number of amides is 2. The Morgan fingerprint density at radius 2 is 2.05 bits per heavy atom. The van der Waals surface area contributed by atoms with Crippen LogP contribution in [0.1, 0.15) is 46.5 Å². The minimum absolute atomic E-state index is 0.237. The quantitative estimate of drug-likeness (QED) is 0.698. The van der Waals surface area contributed by atoms with Gasteiger partial charge in [0, 0.05) is 37.4 Å². The molecule has 126 valence electrons. The highest BCUT2D eigenvalue weighted by Crippen LogP contribution is 2.27. The molecule has 2 aliphatic heterocycles. The lowest BCUT2D eigenvalue weighted by Crippen LogP contribution is -2.39. The Morgan fingerprint density at radius 1 is 1.32 bits per heavy atom. The van der Waals surface area contributed by atoms with E-state index in [0.29, 0.717) is 18.9 Å². The van der Waals surface area contributed by atoms with Crippen molar-refractivity contribution >= 4 is 27.9 Å². The first kappa shape index (κ1) is 17.6. The van der Waals surface area contributed by atoms with Crippen molar-refractivity contribution < 1.29 is 14.3 Å². The average Bonchev–Trinajstić information content (AvgIpc) is 2.64. The molecular formula is C16H27BrN2O3. The van der Waals surface area contributed by atoms with E-state index in [1.807, 2.05) is 25.7 Å². The van der Waals surface area contributed by atoms with Crippen LogP contribution in [0.2, 0.25) is 0 Å². The van der Waals surface area contributed by atoms with E-state index >= 15 is 0 Å². The average molecular weight is 375 g/mol. The van der Waals surface area contributed by atoms with Gasteiger partial charge in [0.05, 0.1) is 0 Å². The van der Waals surface area contributed by atoms with Gasteiger partial charge >= 0.3 is 6.09 Å². The highest BCUT2D eigenvalue weighted by Gasteiger charge is 2.35. The molecule has 0 aromatic carbocycles. The van der Waals surface area contributed by atoms with Crippen molar-refractivity contribution in [3.8, 4) is 0 Å². The van der Waals surface area contributed by atoms with Crippen LogP contribution < -0.4 is 0 Å². The zero-order valence-corrected chi connectivity index (χ0v) is 15.4. The summed E-state index contributed by atoms with van der Waals surface area (Å²) >= 11 is 3.48. The Morgan fingerprint density at radius 3 is 2.64 bits per heavy atom. The zero-order valence-electron chi connectivity index (χ0n) is 13.8. The van der Waals surface area contributed by atoms with Crippen molar-refractivity contribution in [3.63, 3.8) is 0 Å². The second-order valence-corrected chi connectivity index (χ2v) is 7.97. The maximum atomic E-state index is 12.2. The maximum absolute atomic E-state index is 12.2. The molecule has 2 saturated heterocycles. The molecular weight excluding hydrogens is 348 g/mol. The lowest BCUT2D eigenvalue weighted by atomic mass is 10.1. The van der Waals surface area contributed by atoms with Crippen LogP contribution in [0.15, 0.2) is 0 Å². The lowest BCUT2D eigenvalue weighted by Gasteiger charge is -2.28. The van der Waals surface area contributed by atoms with Crippen LogP contribution in [-0.4, -0.2) is 58.4 Å². The Labute approximate surface area is 141 Å². The number of rotatable bonds is 2. The van der Waals surface area contributed by atoms with Crippen molar-refractivity contribution in [2.24, 2.45) is 5.92 Å². The van der Waals surface area contributed by atoms with Crippen molar-refractivity contribution in [3.05, 3.63) is 0 Å². The van der Waals surface area contributed by atoms with E-state index < -0.39 is 5.60 Å². The van der Waals surface area contributed by atoms with Crippen molar-refractivity contribution in [1.82, 2.24) is 9.80 Å². The fourth-order valence-corrected chi connectivity index (χ4v) is 3.60. The molecule has 5 nitrogen and oxygen atoms in total. The number of alkyl halides is 1. The lowest BCUT2D eigenvalue weighted by molar-refractivity contribution is -0.129. The topological polar surface area (TPSA) is 49.9 Å². The Bertz CT molecular complexity index is 422. The molecule has 6 heteroatoms. The minimum Gasteiger partial charge on any atom is -0.444 e. The van der Waals surface area contributed by atoms with Crippen LogP contribution in [0.25, 0.3) is 0 Å². The molecule has 2 heterocycles. The van der Waals surface area contributed by atoms with Gasteiger partial charge in [-0.15, -0.1) is 0 Å². The van der Waals surface area contributed by atoms with E-state index in [-0.39, 0.29) is 18.0 Å². The molecule has 22 heavy (non-hydrogen) atoms. The highest BCUT2D eigenvalue weighted by atomic mass is 79.9. The number of ether oxygens (including phenoxy) is 1. The third kappa shape index (κ3) is 4.61. The predicted molar refractivity (Wildman–Crippen MR) is 89.1 cm³/mol. The Balaban J connectivity index is 1.90. The van der Waals surface area contributed by atoms with Crippen LogP contribution in [0.4, 0.5) is 4.79 Å². The van der Waals surface area contributed by atoms with Gasteiger partial charge in [0.2, 0.25) is 5.91 Å². The number of nitrogens with zero attached hydrogens (tertiary/aromatic N) is 2. The molecule has 0 bridgehead atoms. The molecule has 2 fully saturated rings. The number of hydrogen-bond acceptors (Lipinski definition) is 3. The van der Waals surface area contributed by atoms with Crippen molar-refractivity contribution in [2.75, 3.05) is 25.0 Å². The smallest absolute Gasteiger partial charge is 0.410 e. The second kappa shape index (κ2) is 7.20. The van der Waals surface area contributed by atoms with Crippen LogP contribution in [0, 0.1) is 5.92 Å². The third-order valence-electron chi connectivity index (χ3n) is 4.25. The summed E-state index contributed by atoms with van der Waals surface area (Å²) in [6.07, 6.45) is 3.16. The number of carbonyl (C=O) groups is 2. The predicted octanol–water partition coefficient (Wildman–Crippen LogP) is 3.02. The summed E-state index contributed by atoms with van der Waals surface area (Å²) in [6, 6.07) is 0.268. The molecule has 0 aromatic heterocycles. The van der Waals surface area contributed by atoms with Gasteiger partial charge in [-0.05, 0) is 46.0 Å². The first-order valence-corrected chi connectivity index (χ1v) is 9.25. The van der Waals surface area contributed by atoms with Gasteiger partial charge in [-0.3, -0.25) is 4.79 Å². The summed E-state index contributed by atoms with van der Waals surface area (Å²) in [6.45, 7) is 7.89. The molecule has 0 radical (unpaired) electrons. The number of carbonyl (C=O) groups excluding carboxylic acids is 2. The van der Waals surface area contributed by atoms with Gasteiger partial charge in [0.15, 0.2) is 0 Å². The van der Waals surface area contributed by atoms with Gasteiger partial charge in [0.1, 0.15) is 5.60 Å². The number of hydrogen-bond donors (Lipinski definition) is 0. The van der Waals surface area contributed by atoms with E-state index in [1.54, 1.807) is 4.90 Å². The summed E-state index contributed by atoms with van der Waals surface area (Å²) < 4.78 is 5.45. The summed E-state index contributed by atoms with van der Waals surface area (Å²) in [5, 5.41) is 0.881. The Kier molecular flexibility index (Phi) is 5.75. The maximum Gasteiger partial charge on any atom is 0.410 e. The summed E-state index contributed by atoms with van der Waals surface area (Å²) in [5.41, 5.74) is -0.462. The third-order valence-corrected chi connectivity index (χ3v) is 5.16. The van der Waals surface area contributed by atoms with Gasteiger partial charge in [-0.1, -0.05) is 15.9 Å². The van der Waals surface area contributed by atoms with Crippen LogP contribution in [0.5, 0.6) is 0 Å². The Hall–Kier alpha value is -0.780. The van der Waals surface area contributed by atoms with E-state index in [4.69, 9.17) is 4.74 Å². The molecule has 2 rings (SSSR count). The van der Waals surface area contributed by atoms with E-state index in [9.17, 15) is 9.59 Å². The summed E-state index contributed by atoms with van der Waals surface area (Å²) in [5.74, 6) is 0.692. The zero-order chi connectivity index (χ0) is 16.3. The van der Waals surface area contributed by atoms with E-state index in [0.717, 1.165) is 37.7 Å². The molecule has 0 N–H and O–H groups in total. The molecule has 0 spiro atoms. The van der Waals surface area contributed by atoms with Gasteiger partial charge in [0.25, 0.3) is 0 Å². The van der Waals surface area contributed by atoms with E-state index in [2.05, 4.69) is 15.9 Å². The van der Waals surface area contributed by atoms with Gasteiger partial charge in [-0.25, -0.2) is 4.79 Å². The molecule has 0 saturated carbocycles. The first-order valence-electron chi connectivity index (χ1n) is 8.13. The highest BCUT2D eigenvalue weighted by molar-refractivity contribution is 9.09. The van der Waals surface area contributed by atoms with Gasteiger partial charge in [-0.2, -0.15) is 0 Å². The number of likely N-dealkylation sites (tertiary alicyclic amines) is 2. The minimum atomic E-state index is -0.462. The molecule has 0 aromatic rings. The van der Waals surface area contributed by atoms with Crippen molar-refractivity contribution in [1.29, 1.82) is 0 Å². The van der Waals surface area contributed by atoms with Gasteiger partial charge < -0.3 is 14.5 Å². The largest absolute Gasteiger partial charge is 0.444 e. The SMILES string of the molecule is CC(C)(C)OC(=O)N1CCCC(N2CC(CBr)CC2=O)CC1. The molecule has 2 atom stereocenters. The van der Waals surface area contributed by atoms with Crippen LogP contribution in [-0.2, 0) is 9.53 Å². The second-order valence-electron chi connectivity index (χ2n) is 7.32. The number of halogens is 1. The first-order chi connectivity index (χ1) is 10.3. The van der Waals surface area contributed by atoms with E-state index in [1.165, 1.54) is 0 Å². The molecule has 0 aliphatic carbocycles.